The third kappa shape index (κ3) is 4.35. The molecule has 0 aliphatic rings. The van der Waals surface area contributed by atoms with Crippen LogP contribution in [-0.4, -0.2) is 22.2 Å². The number of amides is 1. The standard InChI is InChI=1S/C15H12ClN3O4/c16-12-7-6-10(8-13(12)19(22)23)9-17-18-15(21)14(20)11-4-2-1-3-5-11/h1-9,14,20H,(H,18,21)/b17-9-/t14-/m1/s1. The SMILES string of the molecule is O=C(N/N=C\c1ccc(Cl)c([N+](=O)[O-])c1)[C@H](O)c1ccccc1. The smallest absolute Gasteiger partial charge is 0.288 e. The predicted octanol–water partition coefficient (Wildman–Crippen LogP) is 2.43. The summed E-state index contributed by atoms with van der Waals surface area (Å²) in [7, 11) is 0. The minimum atomic E-state index is -1.35. The van der Waals surface area contributed by atoms with E-state index in [1.807, 2.05) is 0 Å². The van der Waals surface area contributed by atoms with Crippen molar-refractivity contribution in [2.45, 2.75) is 6.10 Å². The Bertz CT molecular complexity index is 750. The van der Waals surface area contributed by atoms with Gasteiger partial charge < -0.3 is 5.11 Å². The van der Waals surface area contributed by atoms with Gasteiger partial charge >= 0.3 is 0 Å². The number of nitro benzene ring substituents is 1. The van der Waals surface area contributed by atoms with Crippen molar-refractivity contribution in [3.8, 4) is 0 Å². The molecular weight excluding hydrogens is 322 g/mol. The number of benzene rings is 2. The van der Waals surface area contributed by atoms with E-state index in [0.717, 1.165) is 0 Å². The van der Waals surface area contributed by atoms with E-state index < -0.39 is 16.9 Å². The number of carbonyl (C=O) groups is 1. The molecule has 0 bridgehead atoms. The molecule has 2 aromatic carbocycles. The third-order valence-corrected chi connectivity index (χ3v) is 3.24. The largest absolute Gasteiger partial charge is 0.378 e. The number of rotatable bonds is 5. The lowest BCUT2D eigenvalue weighted by atomic mass is 10.1. The second kappa shape index (κ2) is 7.48. The molecule has 0 radical (unpaired) electrons. The molecule has 0 heterocycles. The molecule has 0 unspecified atom stereocenters. The summed E-state index contributed by atoms with van der Waals surface area (Å²) in [5.74, 6) is -0.712. The fourth-order valence-corrected chi connectivity index (χ4v) is 1.95. The Morgan fingerprint density at radius 1 is 1.30 bits per heavy atom. The van der Waals surface area contributed by atoms with Gasteiger partial charge in [-0.05, 0) is 11.6 Å². The average Bonchev–Trinajstić information content (AvgIpc) is 2.56. The molecule has 118 valence electrons. The zero-order chi connectivity index (χ0) is 16.8. The highest BCUT2D eigenvalue weighted by atomic mass is 35.5. The Morgan fingerprint density at radius 3 is 2.65 bits per heavy atom. The van der Waals surface area contributed by atoms with Crippen LogP contribution in [0.2, 0.25) is 5.02 Å². The maximum Gasteiger partial charge on any atom is 0.288 e. The molecule has 2 aromatic rings. The number of carbonyl (C=O) groups excluding carboxylic acids is 1. The maximum absolute atomic E-state index is 11.8. The van der Waals surface area contributed by atoms with Crippen molar-refractivity contribution in [1.82, 2.24) is 5.43 Å². The van der Waals surface area contributed by atoms with Crippen LogP contribution in [0.25, 0.3) is 0 Å². The molecule has 7 nitrogen and oxygen atoms in total. The molecular formula is C15H12ClN3O4. The second-order valence-electron chi connectivity index (χ2n) is 4.52. The molecule has 23 heavy (non-hydrogen) atoms. The van der Waals surface area contributed by atoms with Crippen LogP contribution in [0.4, 0.5) is 5.69 Å². The van der Waals surface area contributed by atoms with Crippen molar-refractivity contribution in [3.63, 3.8) is 0 Å². The van der Waals surface area contributed by atoms with Crippen LogP contribution >= 0.6 is 11.6 Å². The quantitative estimate of drug-likeness (QED) is 0.498. The molecule has 1 amide bonds. The molecule has 0 aliphatic heterocycles. The highest BCUT2D eigenvalue weighted by Crippen LogP contribution is 2.24. The van der Waals surface area contributed by atoms with Crippen molar-refractivity contribution in [3.05, 3.63) is 74.8 Å². The lowest BCUT2D eigenvalue weighted by Crippen LogP contribution is -2.25. The number of halogens is 1. The number of hydrazone groups is 1. The van der Waals surface area contributed by atoms with Gasteiger partial charge in [0.15, 0.2) is 6.10 Å². The predicted molar refractivity (Wildman–Crippen MR) is 85.2 cm³/mol. The number of hydrogen-bond acceptors (Lipinski definition) is 5. The van der Waals surface area contributed by atoms with E-state index in [1.54, 1.807) is 30.3 Å². The number of aliphatic hydroxyl groups is 1. The van der Waals surface area contributed by atoms with Crippen molar-refractivity contribution < 1.29 is 14.8 Å². The molecule has 0 fully saturated rings. The minimum absolute atomic E-state index is 0.00989. The maximum atomic E-state index is 11.8. The zero-order valence-corrected chi connectivity index (χ0v) is 12.5. The summed E-state index contributed by atoms with van der Waals surface area (Å²) in [6, 6.07) is 12.5. The fourth-order valence-electron chi connectivity index (χ4n) is 1.77. The van der Waals surface area contributed by atoms with Gasteiger partial charge in [0.2, 0.25) is 0 Å². The first-order valence-corrected chi connectivity index (χ1v) is 6.86. The summed E-state index contributed by atoms with van der Waals surface area (Å²) in [5.41, 5.74) is 2.73. The Kier molecular flexibility index (Phi) is 5.40. The molecule has 0 saturated heterocycles. The van der Waals surface area contributed by atoms with E-state index in [1.165, 1.54) is 24.4 Å². The third-order valence-electron chi connectivity index (χ3n) is 2.92. The van der Waals surface area contributed by atoms with Gasteiger partial charge in [0.05, 0.1) is 11.1 Å². The number of aliphatic hydroxyl groups excluding tert-OH is 1. The lowest BCUT2D eigenvalue weighted by Gasteiger charge is -2.08. The van der Waals surface area contributed by atoms with Gasteiger partial charge in [0.25, 0.3) is 11.6 Å². The summed E-state index contributed by atoms with van der Waals surface area (Å²) in [4.78, 5) is 21.9. The van der Waals surface area contributed by atoms with Gasteiger partial charge in [0, 0.05) is 11.6 Å². The fraction of sp³-hybridized carbons (Fsp3) is 0.0667. The molecule has 0 saturated carbocycles. The van der Waals surface area contributed by atoms with Crippen molar-refractivity contribution in [2.24, 2.45) is 5.10 Å². The normalized spacial score (nSPS) is 12.1. The van der Waals surface area contributed by atoms with E-state index in [2.05, 4.69) is 10.5 Å². The zero-order valence-electron chi connectivity index (χ0n) is 11.7. The number of nitrogens with one attached hydrogen (secondary N) is 1. The summed E-state index contributed by atoms with van der Waals surface area (Å²) in [5, 5.41) is 24.3. The van der Waals surface area contributed by atoms with Crippen LogP contribution in [-0.2, 0) is 4.79 Å². The summed E-state index contributed by atoms with van der Waals surface area (Å²) in [6.07, 6.45) is -0.133. The number of hydrogen-bond donors (Lipinski definition) is 2. The molecule has 1 atom stereocenters. The lowest BCUT2D eigenvalue weighted by molar-refractivity contribution is -0.384. The minimum Gasteiger partial charge on any atom is -0.378 e. The monoisotopic (exact) mass is 333 g/mol. The van der Waals surface area contributed by atoms with Crippen molar-refractivity contribution in [1.29, 1.82) is 0 Å². The molecule has 8 heteroatoms. The molecule has 0 spiro atoms. The van der Waals surface area contributed by atoms with Gasteiger partial charge in [-0.1, -0.05) is 48.0 Å². The summed E-state index contributed by atoms with van der Waals surface area (Å²) >= 11 is 5.70. The molecule has 2 rings (SSSR count). The van der Waals surface area contributed by atoms with Crippen molar-refractivity contribution >= 4 is 29.4 Å². The van der Waals surface area contributed by atoms with Gasteiger partial charge in [-0.25, -0.2) is 5.43 Å². The van der Waals surface area contributed by atoms with Crippen LogP contribution in [0, 0.1) is 10.1 Å². The summed E-state index contributed by atoms with van der Waals surface area (Å²) < 4.78 is 0. The summed E-state index contributed by atoms with van der Waals surface area (Å²) in [6.45, 7) is 0. The van der Waals surface area contributed by atoms with E-state index in [-0.39, 0.29) is 10.7 Å². The van der Waals surface area contributed by atoms with Gasteiger partial charge in [-0.3, -0.25) is 14.9 Å². The Balaban J connectivity index is 2.03. The first kappa shape index (κ1) is 16.6. The van der Waals surface area contributed by atoms with E-state index >= 15 is 0 Å². The van der Waals surface area contributed by atoms with Crippen LogP contribution in [0.3, 0.4) is 0 Å². The molecule has 2 N–H and O–H groups in total. The average molecular weight is 334 g/mol. The van der Waals surface area contributed by atoms with Crippen LogP contribution in [0.5, 0.6) is 0 Å². The van der Waals surface area contributed by atoms with Gasteiger partial charge in [-0.15, -0.1) is 0 Å². The van der Waals surface area contributed by atoms with E-state index in [9.17, 15) is 20.0 Å². The number of nitrogens with zero attached hydrogens (tertiary/aromatic N) is 2. The molecule has 0 aromatic heterocycles. The molecule has 0 aliphatic carbocycles. The highest BCUT2D eigenvalue weighted by Gasteiger charge is 2.16. The Morgan fingerprint density at radius 2 is 2.00 bits per heavy atom. The van der Waals surface area contributed by atoms with Crippen molar-refractivity contribution in [2.75, 3.05) is 0 Å². The second-order valence-corrected chi connectivity index (χ2v) is 4.92. The van der Waals surface area contributed by atoms with E-state index in [0.29, 0.717) is 11.1 Å². The van der Waals surface area contributed by atoms with Crippen LogP contribution in [0.1, 0.15) is 17.2 Å². The Labute approximate surface area is 136 Å². The van der Waals surface area contributed by atoms with Crippen LogP contribution < -0.4 is 5.43 Å². The topological polar surface area (TPSA) is 105 Å². The first-order valence-electron chi connectivity index (χ1n) is 6.49. The van der Waals surface area contributed by atoms with Gasteiger partial charge in [0.1, 0.15) is 5.02 Å². The van der Waals surface area contributed by atoms with Crippen LogP contribution in [0.15, 0.2) is 53.6 Å². The first-order chi connectivity index (χ1) is 11.0. The number of nitro groups is 1. The highest BCUT2D eigenvalue weighted by molar-refractivity contribution is 6.32. The van der Waals surface area contributed by atoms with E-state index in [4.69, 9.17) is 11.6 Å². The van der Waals surface area contributed by atoms with Gasteiger partial charge in [-0.2, -0.15) is 5.10 Å². The Hall–Kier alpha value is -2.77.